The average Bonchev–Trinajstić information content (AvgIpc) is 2.75. The fraction of sp³-hybridized carbons (Fsp3) is 0.231. The summed E-state index contributed by atoms with van der Waals surface area (Å²) in [6.45, 7) is 8.23. The lowest BCUT2D eigenvalue weighted by atomic mass is 10.1. The van der Waals surface area contributed by atoms with Gasteiger partial charge in [-0.1, -0.05) is 12.1 Å². The molecule has 0 spiro atoms. The van der Waals surface area contributed by atoms with Crippen molar-refractivity contribution in [2.24, 2.45) is 0 Å². The zero-order chi connectivity index (χ0) is 23.1. The van der Waals surface area contributed by atoms with Gasteiger partial charge in [0.05, 0.1) is 6.61 Å². The summed E-state index contributed by atoms with van der Waals surface area (Å²) in [5, 5.41) is 5.57. The van der Waals surface area contributed by atoms with Gasteiger partial charge in [-0.3, -0.25) is 9.59 Å². The van der Waals surface area contributed by atoms with Gasteiger partial charge >= 0.3 is 0 Å². The molecule has 0 aromatic heterocycles. The predicted molar refractivity (Wildman–Crippen MR) is 127 cm³/mol. The largest absolute Gasteiger partial charge is 0.493 e. The minimum Gasteiger partial charge on any atom is -0.493 e. The van der Waals surface area contributed by atoms with Gasteiger partial charge in [-0.25, -0.2) is 0 Å². The second-order valence-corrected chi connectivity index (χ2v) is 7.51. The number of benzene rings is 3. The molecule has 0 unspecified atom stereocenters. The van der Waals surface area contributed by atoms with Gasteiger partial charge in [0.1, 0.15) is 18.1 Å². The molecule has 0 saturated heterocycles. The lowest BCUT2D eigenvalue weighted by Crippen LogP contribution is -2.13. The van der Waals surface area contributed by atoms with E-state index in [0.29, 0.717) is 29.3 Å². The maximum Gasteiger partial charge on any atom is 0.255 e. The Kier molecular flexibility index (Phi) is 7.49. The summed E-state index contributed by atoms with van der Waals surface area (Å²) >= 11 is 0. The van der Waals surface area contributed by atoms with E-state index in [1.807, 2.05) is 32.0 Å². The lowest BCUT2D eigenvalue weighted by Gasteiger charge is -2.14. The van der Waals surface area contributed by atoms with Crippen molar-refractivity contribution in [3.8, 4) is 11.5 Å². The van der Waals surface area contributed by atoms with E-state index in [0.717, 1.165) is 16.9 Å². The molecule has 166 valence electrons. The van der Waals surface area contributed by atoms with Crippen LogP contribution in [0, 0.1) is 13.8 Å². The van der Waals surface area contributed by atoms with Crippen LogP contribution in [0.5, 0.6) is 11.5 Å². The predicted octanol–water partition coefficient (Wildman–Crippen LogP) is 5.49. The van der Waals surface area contributed by atoms with Crippen LogP contribution in [-0.2, 0) is 11.4 Å². The molecule has 3 aromatic carbocycles. The van der Waals surface area contributed by atoms with Crippen LogP contribution in [0.15, 0.2) is 60.7 Å². The maximum absolute atomic E-state index is 12.8. The van der Waals surface area contributed by atoms with Crippen LogP contribution in [-0.4, -0.2) is 18.4 Å². The molecular formula is C26H28N2O4. The molecule has 3 aromatic rings. The maximum atomic E-state index is 12.8. The number of aryl methyl sites for hydroxylation is 2. The SMILES string of the molecule is CCOc1ccc(C(=O)Nc2cccc(NC(C)=O)c2)cc1COc1ccc(C)c(C)c1. The molecule has 0 aliphatic carbocycles. The normalized spacial score (nSPS) is 10.4. The van der Waals surface area contributed by atoms with Crippen LogP contribution in [0.2, 0.25) is 0 Å². The van der Waals surface area contributed by atoms with Gasteiger partial charge in [-0.05, 0) is 80.4 Å². The summed E-state index contributed by atoms with van der Waals surface area (Å²) in [7, 11) is 0. The van der Waals surface area contributed by atoms with Gasteiger partial charge < -0.3 is 20.1 Å². The number of amides is 2. The Bertz CT molecular complexity index is 1120. The molecule has 6 nitrogen and oxygen atoms in total. The Morgan fingerprint density at radius 2 is 1.59 bits per heavy atom. The highest BCUT2D eigenvalue weighted by atomic mass is 16.5. The highest BCUT2D eigenvalue weighted by Gasteiger charge is 2.12. The molecule has 0 aliphatic heterocycles. The fourth-order valence-electron chi connectivity index (χ4n) is 3.18. The summed E-state index contributed by atoms with van der Waals surface area (Å²) in [5.41, 5.74) is 4.82. The van der Waals surface area contributed by atoms with Gasteiger partial charge in [0.25, 0.3) is 5.91 Å². The van der Waals surface area contributed by atoms with E-state index in [2.05, 4.69) is 17.6 Å². The number of anilines is 2. The molecule has 0 radical (unpaired) electrons. The molecule has 3 rings (SSSR count). The van der Waals surface area contributed by atoms with E-state index in [1.54, 1.807) is 42.5 Å². The first-order chi connectivity index (χ1) is 15.4. The van der Waals surface area contributed by atoms with Gasteiger partial charge in [-0.15, -0.1) is 0 Å². The van der Waals surface area contributed by atoms with Crippen LogP contribution < -0.4 is 20.1 Å². The zero-order valence-corrected chi connectivity index (χ0v) is 18.8. The number of rotatable bonds is 8. The summed E-state index contributed by atoms with van der Waals surface area (Å²) in [4.78, 5) is 24.1. The van der Waals surface area contributed by atoms with Crippen molar-refractivity contribution in [1.82, 2.24) is 0 Å². The van der Waals surface area contributed by atoms with E-state index in [-0.39, 0.29) is 18.4 Å². The Morgan fingerprint density at radius 1 is 0.844 bits per heavy atom. The van der Waals surface area contributed by atoms with Crippen molar-refractivity contribution in [3.05, 3.63) is 82.9 Å². The summed E-state index contributed by atoms with van der Waals surface area (Å²) in [6, 6.07) is 18.2. The summed E-state index contributed by atoms with van der Waals surface area (Å²) in [5.74, 6) is 1.01. The number of nitrogens with one attached hydrogen (secondary N) is 2. The number of carbonyl (C=O) groups excluding carboxylic acids is 2. The number of hydrogen-bond acceptors (Lipinski definition) is 4. The first-order valence-corrected chi connectivity index (χ1v) is 10.5. The van der Waals surface area contributed by atoms with Crippen LogP contribution >= 0.6 is 0 Å². The average molecular weight is 433 g/mol. The monoisotopic (exact) mass is 432 g/mol. The van der Waals surface area contributed by atoms with Crippen molar-refractivity contribution in [1.29, 1.82) is 0 Å². The Balaban J connectivity index is 1.77. The number of ether oxygens (including phenoxy) is 2. The minimum atomic E-state index is -0.263. The zero-order valence-electron chi connectivity index (χ0n) is 18.8. The van der Waals surface area contributed by atoms with Crippen molar-refractivity contribution in [3.63, 3.8) is 0 Å². The Labute approximate surface area is 188 Å². The number of hydrogen-bond donors (Lipinski definition) is 2. The fourth-order valence-corrected chi connectivity index (χ4v) is 3.18. The lowest BCUT2D eigenvalue weighted by molar-refractivity contribution is -0.114. The molecule has 2 amide bonds. The second-order valence-electron chi connectivity index (χ2n) is 7.51. The summed E-state index contributed by atoms with van der Waals surface area (Å²) < 4.78 is 11.7. The topological polar surface area (TPSA) is 76.7 Å². The van der Waals surface area contributed by atoms with E-state index in [1.165, 1.54) is 12.5 Å². The van der Waals surface area contributed by atoms with E-state index >= 15 is 0 Å². The molecule has 0 heterocycles. The van der Waals surface area contributed by atoms with Crippen molar-refractivity contribution < 1.29 is 19.1 Å². The number of carbonyl (C=O) groups is 2. The van der Waals surface area contributed by atoms with Crippen molar-refractivity contribution in [2.45, 2.75) is 34.3 Å². The van der Waals surface area contributed by atoms with Gasteiger partial charge in [0, 0.05) is 29.4 Å². The third kappa shape index (κ3) is 6.11. The smallest absolute Gasteiger partial charge is 0.255 e. The van der Waals surface area contributed by atoms with Gasteiger partial charge in [-0.2, -0.15) is 0 Å². The highest BCUT2D eigenvalue weighted by molar-refractivity contribution is 6.05. The van der Waals surface area contributed by atoms with Crippen LogP contribution in [0.4, 0.5) is 11.4 Å². The molecule has 32 heavy (non-hydrogen) atoms. The van der Waals surface area contributed by atoms with Gasteiger partial charge in [0.2, 0.25) is 5.91 Å². The molecule has 6 heteroatoms. The third-order valence-electron chi connectivity index (χ3n) is 4.94. The molecule has 2 N–H and O–H groups in total. The molecule has 0 saturated carbocycles. The van der Waals surface area contributed by atoms with E-state index in [4.69, 9.17) is 9.47 Å². The minimum absolute atomic E-state index is 0.173. The second kappa shape index (κ2) is 10.5. The van der Waals surface area contributed by atoms with Crippen molar-refractivity contribution in [2.75, 3.05) is 17.2 Å². The van der Waals surface area contributed by atoms with E-state index < -0.39 is 0 Å². The highest BCUT2D eigenvalue weighted by Crippen LogP contribution is 2.25. The van der Waals surface area contributed by atoms with Crippen LogP contribution in [0.3, 0.4) is 0 Å². The first-order valence-electron chi connectivity index (χ1n) is 10.5. The Hall–Kier alpha value is -3.80. The third-order valence-corrected chi connectivity index (χ3v) is 4.94. The van der Waals surface area contributed by atoms with Crippen LogP contribution in [0.25, 0.3) is 0 Å². The standard InChI is InChI=1S/C26H28N2O4/c1-5-31-25-12-10-20(14-21(25)16-32-24-11-9-17(2)18(3)13-24)26(30)28-23-8-6-7-22(15-23)27-19(4)29/h6-15H,5,16H2,1-4H3,(H,27,29)(H,28,30). The molecular weight excluding hydrogens is 404 g/mol. The molecule has 0 aliphatic rings. The van der Waals surface area contributed by atoms with Crippen LogP contribution in [0.1, 0.15) is 40.9 Å². The van der Waals surface area contributed by atoms with E-state index in [9.17, 15) is 9.59 Å². The summed E-state index contributed by atoms with van der Waals surface area (Å²) in [6.07, 6.45) is 0. The molecule has 0 bridgehead atoms. The Morgan fingerprint density at radius 3 is 2.28 bits per heavy atom. The quantitative estimate of drug-likeness (QED) is 0.493. The molecule has 0 fully saturated rings. The van der Waals surface area contributed by atoms with Crippen molar-refractivity contribution >= 4 is 23.2 Å². The van der Waals surface area contributed by atoms with Gasteiger partial charge in [0.15, 0.2) is 0 Å². The molecule has 0 atom stereocenters. The first kappa shape index (κ1) is 22.9.